The number of aromatic nitrogens is 3. The van der Waals surface area contributed by atoms with Crippen LogP contribution in [0.15, 0.2) is 36.4 Å². The predicted molar refractivity (Wildman–Crippen MR) is 143 cm³/mol. The van der Waals surface area contributed by atoms with Crippen molar-refractivity contribution in [2.45, 2.75) is 45.1 Å². The lowest BCUT2D eigenvalue weighted by Gasteiger charge is -2.21. The maximum atomic E-state index is 12.8. The van der Waals surface area contributed by atoms with Gasteiger partial charge >= 0.3 is 5.97 Å². The predicted octanol–water partition coefficient (Wildman–Crippen LogP) is 4.00. The molecule has 1 aliphatic carbocycles. The quantitative estimate of drug-likeness (QED) is 0.186. The molecule has 1 aromatic heterocycles. The second-order valence-electron chi connectivity index (χ2n) is 9.39. The molecule has 10 nitrogen and oxygen atoms in total. The van der Waals surface area contributed by atoms with Crippen LogP contribution in [-0.4, -0.2) is 46.0 Å². The zero-order valence-electron chi connectivity index (χ0n) is 21.5. The highest BCUT2D eigenvalue weighted by Crippen LogP contribution is 2.46. The van der Waals surface area contributed by atoms with Crippen LogP contribution in [0.4, 0.5) is 17.3 Å². The van der Waals surface area contributed by atoms with E-state index < -0.39 is 12.0 Å². The third-order valence-corrected chi connectivity index (χ3v) is 6.82. The van der Waals surface area contributed by atoms with Crippen molar-refractivity contribution < 1.29 is 14.3 Å². The number of carbonyl (C=O) groups is 2. The van der Waals surface area contributed by atoms with Crippen LogP contribution in [-0.2, 0) is 16.6 Å². The molecule has 1 heterocycles. The molecule has 1 fully saturated rings. The topological polar surface area (TPSA) is 148 Å². The van der Waals surface area contributed by atoms with Gasteiger partial charge in [-0.05, 0) is 54.5 Å². The number of nitrogens with two attached hydrogens (primary N) is 1. The van der Waals surface area contributed by atoms with E-state index in [0.717, 1.165) is 41.6 Å². The van der Waals surface area contributed by atoms with Gasteiger partial charge < -0.3 is 26.5 Å². The highest BCUT2D eigenvalue weighted by atomic mass is 16.5. The molecule has 0 spiro atoms. The zero-order valence-corrected chi connectivity index (χ0v) is 21.5. The number of aryl methyl sites for hydroxylation is 1. The van der Waals surface area contributed by atoms with Crippen molar-refractivity contribution in [1.82, 2.24) is 20.1 Å². The maximum absolute atomic E-state index is 12.8. The smallest absolute Gasteiger partial charge is 0.328 e. The highest BCUT2D eigenvalue weighted by molar-refractivity contribution is 5.97. The summed E-state index contributed by atoms with van der Waals surface area (Å²) < 4.78 is 6.50. The summed E-state index contributed by atoms with van der Waals surface area (Å²) in [7, 11) is 3.11. The van der Waals surface area contributed by atoms with Gasteiger partial charge in [0.05, 0.1) is 7.11 Å². The number of nitrogens with zero attached hydrogens (tertiary/aromatic N) is 3. The fraction of sp³-hybridized carbons (Fsp3) is 0.370. The van der Waals surface area contributed by atoms with E-state index in [1.807, 2.05) is 19.9 Å². The number of nitrogen functional groups attached to an aromatic ring is 1. The molecule has 194 valence electrons. The van der Waals surface area contributed by atoms with Crippen LogP contribution in [0.1, 0.15) is 60.5 Å². The normalized spacial score (nSPS) is 14.5. The minimum absolute atomic E-state index is 0.0594. The minimum Gasteiger partial charge on any atom is -0.467 e. The van der Waals surface area contributed by atoms with Crippen LogP contribution < -0.4 is 16.4 Å². The van der Waals surface area contributed by atoms with E-state index in [2.05, 4.69) is 20.7 Å². The molecule has 37 heavy (non-hydrogen) atoms. The number of esters is 1. The summed E-state index contributed by atoms with van der Waals surface area (Å²) in [6.07, 6.45) is 4.17. The van der Waals surface area contributed by atoms with E-state index in [1.54, 1.807) is 42.1 Å². The number of benzene rings is 2. The van der Waals surface area contributed by atoms with Gasteiger partial charge in [-0.15, -0.1) is 5.10 Å². The van der Waals surface area contributed by atoms with Crippen LogP contribution >= 0.6 is 0 Å². The Morgan fingerprint density at radius 3 is 2.54 bits per heavy atom. The fourth-order valence-corrected chi connectivity index (χ4v) is 4.26. The lowest BCUT2D eigenvalue weighted by atomic mass is 9.98. The van der Waals surface area contributed by atoms with Crippen molar-refractivity contribution >= 4 is 35.4 Å². The third-order valence-electron chi connectivity index (χ3n) is 6.82. The highest BCUT2D eigenvalue weighted by Gasteiger charge is 2.30. The van der Waals surface area contributed by atoms with E-state index in [-0.39, 0.29) is 11.8 Å². The van der Waals surface area contributed by atoms with Crippen LogP contribution in [0.25, 0.3) is 11.4 Å². The Labute approximate surface area is 216 Å². The minimum atomic E-state index is -0.713. The molecular weight excluding hydrogens is 470 g/mol. The Kier molecular flexibility index (Phi) is 7.56. The van der Waals surface area contributed by atoms with Gasteiger partial charge in [0.15, 0.2) is 5.82 Å². The zero-order chi connectivity index (χ0) is 26.7. The molecule has 3 aromatic rings. The first-order valence-corrected chi connectivity index (χ1v) is 12.4. The summed E-state index contributed by atoms with van der Waals surface area (Å²) in [6.45, 7) is 3.85. The number of rotatable bonds is 10. The van der Waals surface area contributed by atoms with E-state index in [1.165, 1.54) is 13.3 Å². The van der Waals surface area contributed by atoms with Gasteiger partial charge in [0, 0.05) is 41.3 Å². The summed E-state index contributed by atoms with van der Waals surface area (Å²) in [5.41, 5.74) is 10.5. The Bertz CT molecular complexity index is 1310. The largest absolute Gasteiger partial charge is 0.467 e. The number of carbonyl (C=O) groups excluding carboxylic acids is 2. The first-order chi connectivity index (χ1) is 17.8. The number of amides is 1. The van der Waals surface area contributed by atoms with Crippen LogP contribution in [0.3, 0.4) is 0 Å². The summed E-state index contributed by atoms with van der Waals surface area (Å²) in [5.74, 6) is 0.560. The average molecular weight is 504 g/mol. The molecule has 0 bridgehead atoms. The van der Waals surface area contributed by atoms with Crippen LogP contribution in [0.2, 0.25) is 0 Å². The number of hydrogen-bond donors (Lipinski definition) is 4. The molecule has 2 atom stereocenters. The number of ether oxygens (including phenoxy) is 1. The Balaban J connectivity index is 1.52. The molecule has 5 N–H and O–H groups in total. The van der Waals surface area contributed by atoms with Gasteiger partial charge in [-0.25, -0.2) is 9.48 Å². The van der Waals surface area contributed by atoms with Gasteiger partial charge in [0.25, 0.3) is 5.91 Å². The maximum Gasteiger partial charge on any atom is 0.328 e. The summed E-state index contributed by atoms with van der Waals surface area (Å²) in [6, 6.07) is 9.91. The van der Waals surface area contributed by atoms with Crippen molar-refractivity contribution in [1.29, 1.82) is 5.41 Å². The van der Waals surface area contributed by atoms with Gasteiger partial charge in [0.2, 0.25) is 5.95 Å². The van der Waals surface area contributed by atoms with E-state index in [9.17, 15) is 9.59 Å². The lowest BCUT2D eigenvalue weighted by Crippen LogP contribution is -2.45. The number of nitrogens with one attached hydrogen (secondary N) is 3. The molecule has 1 saturated carbocycles. The molecular formula is C27H33N7O3. The molecule has 1 amide bonds. The van der Waals surface area contributed by atoms with E-state index in [0.29, 0.717) is 28.9 Å². The molecule has 1 unspecified atom stereocenters. The Morgan fingerprint density at radius 1 is 1.24 bits per heavy atom. The number of anilines is 3. The monoisotopic (exact) mass is 503 g/mol. The molecule has 1 aliphatic rings. The van der Waals surface area contributed by atoms with Gasteiger partial charge in [-0.3, -0.25) is 4.79 Å². The average Bonchev–Trinajstić information content (AvgIpc) is 3.69. The van der Waals surface area contributed by atoms with Gasteiger partial charge in [0.1, 0.15) is 6.04 Å². The molecule has 10 heteroatoms. The lowest BCUT2D eigenvalue weighted by molar-refractivity contribution is -0.144. The summed E-state index contributed by atoms with van der Waals surface area (Å²) >= 11 is 0. The molecule has 0 radical (unpaired) electrons. The SMILES string of the molecule is CC[C@@H](C)C(NC(=O)c1ccc(-c2nc(Nc3ccc(N)c(C=N)c3C3CC3)n(C)n2)cc1)C(=O)OC. The molecule has 2 aromatic carbocycles. The van der Waals surface area contributed by atoms with Crippen molar-refractivity contribution in [3.8, 4) is 11.4 Å². The second-order valence-corrected chi connectivity index (χ2v) is 9.39. The first kappa shape index (κ1) is 25.9. The van der Waals surface area contributed by atoms with E-state index in [4.69, 9.17) is 15.9 Å². The van der Waals surface area contributed by atoms with Crippen LogP contribution in [0, 0.1) is 11.3 Å². The number of hydrogen-bond acceptors (Lipinski definition) is 8. The summed E-state index contributed by atoms with van der Waals surface area (Å²) in [5, 5.41) is 18.5. The molecule has 0 aliphatic heterocycles. The fourth-order valence-electron chi connectivity index (χ4n) is 4.26. The van der Waals surface area contributed by atoms with Gasteiger partial charge in [-0.1, -0.05) is 32.4 Å². The standard InChI is InChI=1S/C27H33N7O3/c1-5-15(2)23(26(36)37-4)31-25(35)18-10-8-17(9-11-18)24-32-27(34(3)33-24)30-21-13-12-20(29)19(14-28)22(21)16-6-7-16/h8-16,23,28H,5-7,29H2,1-4H3,(H,31,35)(H,30,32,33)/t15-,23?/m1/s1. The van der Waals surface area contributed by atoms with Crippen LogP contribution in [0.5, 0.6) is 0 Å². The number of methoxy groups -OCH3 is 1. The van der Waals surface area contributed by atoms with Crippen molar-refractivity contribution in [2.24, 2.45) is 13.0 Å². The molecule has 4 rings (SSSR count). The second kappa shape index (κ2) is 10.8. The Morgan fingerprint density at radius 2 is 1.95 bits per heavy atom. The Hall–Kier alpha value is -4.21. The molecule has 0 saturated heterocycles. The van der Waals surface area contributed by atoms with Crippen molar-refractivity contribution in [3.63, 3.8) is 0 Å². The third kappa shape index (κ3) is 5.47. The summed E-state index contributed by atoms with van der Waals surface area (Å²) in [4.78, 5) is 29.6. The van der Waals surface area contributed by atoms with Crippen molar-refractivity contribution in [2.75, 3.05) is 18.2 Å². The van der Waals surface area contributed by atoms with E-state index >= 15 is 0 Å². The van der Waals surface area contributed by atoms with Gasteiger partial charge in [-0.2, -0.15) is 4.98 Å². The first-order valence-electron chi connectivity index (χ1n) is 12.4. The van der Waals surface area contributed by atoms with Crippen molar-refractivity contribution in [3.05, 3.63) is 53.1 Å².